The van der Waals surface area contributed by atoms with Gasteiger partial charge in [0.1, 0.15) is 53.9 Å². The molecule has 0 amide bonds. The van der Waals surface area contributed by atoms with Crippen LogP contribution in [-0.2, 0) is 55.6 Å². The van der Waals surface area contributed by atoms with Crippen molar-refractivity contribution in [2.45, 2.75) is 88.0 Å². The van der Waals surface area contributed by atoms with Crippen LogP contribution in [0.4, 0.5) is 10.2 Å². The summed E-state index contributed by atoms with van der Waals surface area (Å²) >= 11 is 10.9. The topological polar surface area (TPSA) is 246 Å². The van der Waals surface area contributed by atoms with Crippen LogP contribution in [0.2, 0.25) is 18.1 Å². The predicted molar refractivity (Wildman–Crippen MR) is 191 cm³/mol. The van der Waals surface area contributed by atoms with Crippen LogP contribution in [-0.4, -0.2) is 107 Å². The number of fused-ring (bicyclic) bond motifs is 5. The zero-order chi connectivity index (χ0) is 37.5. The van der Waals surface area contributed by atoms with E-state index < -0.39 is 95.4 Å². The lowest BCUT2D eigenvalue weighted by Crippen LogP contribution is -2.49. The lowest BCUT2D eigenvalue weighted by Gasteiger charge is -2.41. The molecule has 52 heavy (non-hydrogen) atoms. The number of hydrogen-bond donors (Lipinski definition) is 5. The number of H-pyrrole nitrogens is 1. The number of aromatic nitrogens is 7. The van der Waals surface area contributed by atoms with Crippen LogP contribution >= 0.6 is 13.4 Å². The van der Waals surface area contributed by atoms with Gasteiger partial charge in [0.2, 0.25) is 0 Å². The van der Waals surface area contributed by atoms with Crippen molar-refractivity contribution in [3.05, 3.63) is 41.3 Å². The number of aliphatic hydroxyl groups excluding tert-OH is 1. The molecule has 0 saturated carbocycles. The average Bonchev–Trinajstić information content (AvgIpc) is 3.79. The molecule has 7 heterocycles. The van der Waals surface area contributed by atoms with E-state index in [1.165, 1.54) is 21.8 Å². The van der Waals surface area contributed by atoms with Gasteiger partial charge in [0.15, 0.2) is 43.7 Å². The van der Waals surface area contributed by atoms with E-state index in [2.05, 4.69) is 24.9 Å². The summed E-state index contributed by atoms with van der Waals surface area (Å²) in [5.74, 6) is -0.773. The number of nitrogens with one attached hydrogen (secondary N) is 1. The Kier molecular flexibility index (Phi) is 9.92. The van der Waals surface area contributed by atoms with E-state index in [1.807, 2.05) is 33.9 Å². The molecule has 0 aromatic carbocycles. The van der Waals surface area contributed by atoms with Crippen LogP contribution in [0.5, 0.6) is 0 Å². The Labute approximate surface area is 306 Å². The van der Waals surface area contributed by atoms with Crippen molar-refractivity contribution >= 4 is 73.4 Å². The minimum Gasteiger partial charge on any atom is -0.407 e. The lowest BCUT2D eigenvalue weighted by molar-refractivity contribution is -0.0605. The number of imidazole rings is 1. The highest BCUT2D eigenvalue weighted by Gasteiger charge is 2.55. The number of nitrogens with two attached hydrogens (primary N) is 1. The van der Waals surface area contributed by atoms with E-state index in [1.54, 1.807) is 0 Å². The van der Waals surface area contributed by atoms with Crippen LogP contribution in [0.15, 0.2) is 30.0 Å². The highest BCUT2D eigenvalue weighted by molar-refractivity contribution is 8.07. The zero-order valence-corrected chi connectivity index (χ0v) is 32.7. The fourth-order valence-corrected chi connectivity index (χ4v) is 10.2. The Hall–Kier alpha value is -2.18. The van der Waals surface area contributed by atoms with Gasteiger partial charge < -0.3 is 53.1 Å². The molecule has 5 unspecified atom stereocenters. The molecule has 0 spiro atoms. The van der Waals surface area contributed by atoms with E-state index in [4.69, 9.17) is 61.3 Å². The first-order valence-corrected chi connectivity index (χ1v) is 24.0. The molecule has 3 saturated heterocycles. The van der Waals surface area contributed by atoms with Gasteiger partial charge in [0.25, 0.3) is 5.56 Å². The van der Waals surface area contributed by atoms with E-state index in [9.17, 15) is 19.7 Å². The number of rotatable bonds is 4. The molecular weight excluding hydrogens is 786 g/mol. The van der Waals surface area contributed by atoms with Crippen molar-refractivity contribution in [3.8, 4) is 0 Å². The van der Waals surface area contributed by atoms with Crippen LogP contribution in [0.1, 0.15) is 33.2 Å². The first kappa shape index (κ1) is 38.1. The number of ether oxygens (including phenoxy) is 2. The molecule has 0 aliphatic carbocycles. The number of aliphatic hydroxyl groups is 1. The fraction of sp³-hybridized carbons (Fsp3) is 0.593. The highest BCUT2D eigenvalue weighted by Crippen LogP contribution is 2.55. The van der Waals surface area contributed by atoms with Gasteiger partial charge in [-0.2, -0.15) is 0 Å². The maximum absolute atomic E-state index is 15.3. The Balaban J connectivity index is 1.27. The second-order valence-electron chi connectivity index (χ2n) is 14.0. The summed E-state index contributed by atoms with van der Waals surface area (Å²) in [6.45, 7) is 0.421. The number of nitrogens with zero attached hydrogens (tertiary/aromatic N) is 6. The maximum Gasteiger partial charge on any atom is 0.325 e. The number of nitrogen functional groups attached to an aromatic ring is 1. The minimum atomic E-state index is -4.26. The van der Waals surface area contributed by atoms with Gasteiger partial charge in [-0.3, -0.25) is 18.4 Å². The van der Waals surface area contributed by atoms with Gasteiger partial charge >= 0.3 is 13.4 Å². The zero-order valence-electron chi connectivity index (χ0n) is 28.3. The monoisotopic (exact) mass is 822 g/mol. The maximum atomic E-state index is 15.3. The molecule has 19 nitrogen and oxygen atoms in total. The summed E-state index contributed by atoms with van der Waals surface area (Å²) < 4.78 is 61.0. The van der Waals surface area contributed by atoms with Gasteiger partial charge in [0, 0.05) is 6.20 Å². The average molecular weight is 823 g/mol. The van der Waals surface area contributed by atoms with Crippen LogP contribution in [0.3, 0.4) is 0 Å². The number of halogens is 1. The summed E-state index contributed by atoms with van der Waals surface area (Å²) in [7, 11) is -2.73. The summed E-state index contributed by atoms with van der Waals surface area (Å²) in [6.07, 6.45) is -5.37. The molecule has 25 heteroatoms. The molecule has 284 valence electrons. The molecule has 10 atom stereocenters. The number of aromatic amines is 1. The van der Waals surface area contributed by atoms with Crippen LogP contribution in [0, 0.1) is 5.82 Å². The summed E-state index contributed by atoms with van der Waals surface area (Å²) in [4.78, 5) is 54.4. The van der Waals surface area contributed by atoms with Gasteiger partial charge in [-0.15, -0.1) is 0 Å². The Morgan fingerprint density at radius 2 is 1.65 bits per heavy atom. The van der Waals surface area contributed by atoms with Crippen LogP contribution in [0.25, 0.3) is 22.2 Å². The van der Waals surface area contributed by atoms with Crippen molar-refractivity contribution in [1.29, 1.82) is 0 Å². The summed E-state index contributed by atoms with van der Waals surface area (Å²) in [5.41, 5.74) is 5.68. The van der Waals surface area contributed by atoms with E-state index in [-0.39, 0.29) is 33.1 Å². The quantitative estimate of drug-likeness (QED) is 0.146. The Morgan fingerprint density at radius 1 is 1.00 bits per heavy atom. The van der Waals surface area contributed by atoms with Gasteiger partial charge in [-0.05, 0) is 41.7 Å². The highest BCUT2D eigenvalue weighted by atomic mass is 32.5. The molecule has 3 aliphatic heterocycles. The van der Waals surface area contributed by atoms with E-state index in [0.717, 1.165) is 12.5 Å². The SMILES string of the molecule is CC(C)(C)[Si](C)(C)OC1[C@@H]2OP(O)(=S)OCC3O[C@@H](n4cnc5c(N)ncnc54)[C@H](OP(O)(=S)OCC2O[C@H]1n1cc(F)c2c(=O)[nH]cnc21)[C@@H]3O. The first-order valence-electron chi connectivity index (χ1n) is 15.9. The second-order valence-corrected chi connectivity index (χ2v) is 24.4. The fourth-order valence-electron chi connectivity index (χ4n) is 6.03. The van der Waals surface area contributed by atoms with Crippen molar-refractivity contribution in [3.63, 3.8) is 0 Å². The molecule has 6 N–H and O–H groups in total. The second kappa shape index (κ2) is 13.5. The van der Waals surface area contributed by atoms with Crippen molar-refractivity contribution < 1.29 is 51.3 Å². The molecule has 0 radical (unpaired) electrons. The third-order valence-corrected chi connectivity index (χ3v) is 17.2. The molecule has 3 fully saturated rings. The molecule has 4 aromatic rings. The van der Waals surface area contributed by atoms with Crippen molar-refractivity contribution in [2.24, 2.45) is 0 Å². The van der Waals surface area contributed by atoms with Crippen molar-refractivity contribution in [1.82, 2.24) is 34.1 Å². The summed E-state index contributed by atoms with van der Waals surface area (Å²) in [6, 6.07) is 0. The number of anilines is 1. The van der Waals surface area contributed by atoms with Gasteiger partial charge in [-0.1, -0.05) is 20.8 Å². The molecule has 2 bridgehead atoms. The smallest absolute Gasteiger partial charge is 0.325 e. The largest absolute Gasteiger partial charge is 0.407 e. The summed E-state index contributed by atoms with van der Waals surface area (Å²) in [5, 5.41) is 10.7. The predicted octanol–water partition coefficient (Wildman–Crippen LogP) is 2.08. The normalized spacial score (nSPS) is 34.9. The van der Waals surface area contributed by atoms with Gasteiger partial charge in [-0.25, -0.2) is 24.3 Å². The third-order valence-electron chi connectivity index (χ3n) is 9.65. The molecule has 4 aromatic heterocycles. The Morgan fingerprint density at radius 3 is 2.35 bits per heavy atom. The van der Waals surface area contributed by atoms with E-state index >= 15 is 4.39 Å². The standard InChI is InChI=1S/C27H37FN8O11P2S2Si/c1-27(2,3)52(4,5)47-20-18-14(44-26(20)35-6-12(28)15-22(35)31-10-33-24(15)38)8-42-49(40,51)46-19-17(37)13(7-41-48(39,50)45-18)43-25(19)36-11-34-16-21(29)30-9-32-23(16)36/h6,9-11,13-14,17-20,25-26,37H,7-8H2,1-5H3,(H,39,50)(H,40,51)(H2,29,30,32)(H,31,33,38)/t13?,14?,17-,18-,19-,20?,25-,26-,48?,49?/m1/s1. The number of hydrogen-bond acceptors (Lipinski definition) is 16. The van der Waals surface area contributed by atoms with Crippen molar-refractivity contribution in [2.75, 3.05) is 18.9 Å². The molecule has 3 aliphatic rings. The molecule has 7 rings (SSSR count). The van der Waals surface area contributed by atoms with Crippen LogP contribution < -0.4 is 11.3 Å². The first-order chi connectivity index (χ1) is 24.3. The van der Waals surface area contributed by atoms with Gasteiger partial charge in [0.05, 0.1) is 25.9 Å². The van der Waals surface area contributed by atoms with E-state index in [0.29, 0.717) is 0 Å². The molecular formula is C27H37FN8O11P2S2Si. The third kappa shape index (κ3) is 6.95. The lowest BCUT2D eigenvalue weighted by atomic mass is 10.1. The Bertz CT molecular complexity index is 2170. The minimum absolute atomic E-state index is 0.0482.